The van der Waals surface area contributed by atoms with Crippen molar-refractivity contribution in [1.29, 1.82) is 0 Å². The summed E-state index contributed by atoms with van der Waals surface area (Å²) < 4.78 is 4.88. The fraction of sp³-hybridized carbons (Fsp3) is 0.643. The summed E-state index contributed by atoms with van der Waals surface area (Å²) in [4.78, 5) is 35.5. The van der Waals surface area contributed by atoms with Gasteiger partial charge in [0.05, 0.1) is 0 Å². The molecule has 1 aliphatic rings. The number of carbonyl (C=O) groups excluding carboxylic acids is 3. The Bertz CT molecular complexity index is 375. The molecule has 0 aromatic carbocycles. The second-order valence-electron chi connectivity index (χ2n) is 4.80. The number of nitrogens with zero attached hydrogens (tertiary/aromatic N) is 1. The summed E-state index contributed by atoms with van der Waals surface area (Å²) in [5.74, 6) is -0.544. The van der Waals surface area contributed by atoms with Gasteiger partial charge < -0.3 is 10.5 Å². The van der Waals surface area contributed by atoms with Crippen molar-refractivity contribution in [2.45, 2.75) is 32.6 Å². The zero-order valence-electron chi connectivity index (χ0n) is 11.8. The smallest absolute Gasteiger partial charge is 0.305 e. The fourth-order valence-corrected chi connectivity index (χ4v) is 2.07. The van der Waals surface area contributed by atoms with Crippen LogP contribution in [0.4, 0.5) is 0 Å². The summed E-state index contributed by atoms with van der Waals surface area (Å²) in [6, 6.07) is 0. The first-order chi connectivity index (χ1) is 9.58. The van der Waals surface area contributed by atoms with Gasteiger partial charge in [0, 0.05) is 31.7 Å². The zero-order chi connectivity index (χ0) is 15.0. The highest BCUT2D eigenvalue weighted by Gasteiger charge is 2.25. The van der Waals surface area contributed by atoms with E-state index in [0.717, 1.165) is 12.8 Å². The zero-order valence-corrected chi connectivity index (χ0v) is 11.8. The molecule has 6 nitrogen and oxygen atoms in total. The number of amides is 2. The van der Waals surface area contributed by atoms with Crippen LogP contribution in [0.2, 0.25) is 0 Å². The van der Waals surface area contributed by atoms with Crippen molar-refractivity contribution in [2.24, 2.45) is 11.7 Å². The molecule has 1 rings (SSSR count). The summed E-state index contributed by atoms with van der Waals surface area (Å²) in [6.45, 7) is 3.00. The molecule has 0 bridgehead atoms. The Morgan fingerprint density at radius 1 is 1.35 bits per heavy atom. The average Bonchev–Trinajstić information content (AvgIpc) is 2.75. The largest absolute Gasteiger partial charge is 0.464 e. The van der Waals surface area contributed by atoms with E-state index in [1.807, 2.05) is 6.92 Å². The van der Waals surface area contributed by atoms with E-state index in [1.165, 1.54) is 17.1 Å². The summed E-state index contributed by atoms with van der Waals surface area (Å²) in [6.07, 6.45) is 5.25. The molecular weight excluding hydrogens is 260 g/mol. The molecule has 0 radical (unpaired) electrons. The number of hydrogen-bond donors (Lipinski definition) is 1. The van der Waals surface area contributed by atoms with E-state index in [9.17, 15) is 14.4 Å². The van der Waals surface area contributed by atoms with Gasteiger partial charge in [0.15, 0.2) is 0 Å². The van der Waals surface area contributed by atoms with Gasteiger partial charge in [0.1, 0.15) is 6.61 Å². The molecule has 1 heterocycles. The van der Waals surface area contributed by atoms with E-state index in [1.54, 1.807) is 0 Å². The molecule has 0 fully saturated rings. The molecule has 112 valence electrons. The van der Waals surface area contributed by atoms with Gasteiger partial charge in [-0.15, -0.1) is 0 Å². The third-order valence-corrected chi connectivity index (χ3v) is 3.29. The molecule has 6 heteroatoms. The van der Waals surface area contributed by atoms with E-state index in [4.69, 9.17) is 10.5 Å². The average molecular weight is 282 g/mol. The number of esters is 1. The van der Waals surface area contributed by atoms with Gasteiger partial charge in [-0.2, -0.15) is 0 Å². The first-order valence-electron chi connectivity index (χ1n) is 6.97. The van der Waals surface area contributed by atoms with E-state index in [-0.39, 0.29) is 30.3 Å². The van der Waals surface area contributed by atoms with E-state index < -0.39 is 0 Å². The van der Waals surface area contributed by atoms with Crippen LogP contribution >= 0.6 is 0 Å². The number of imide groups is 1. The maximum atomic E-state index is 11.5. The number of rotatable bonds is 9. The molecule has 2 N–H and O–H groups in total. The SMILES string of the molecule is CCC(CCCC(=O)OCCN)CN1C(=O)C=CC1=O. The normalized spacial score (nSPS) is 15.8. The number of carbonyl (C=O) groups is 3. The van der Waals surface area contributed by atoms with Crippen LogP contribution in [-0.4, -0.2) is 42.4 Å². The Kier molecular flexibility index (Phi) is 6.93. The molecular formula is C14H22N2O4. The lowest BCUT2D eigenvalue weighted by Gasteiger charge is -2.21. The highest BCUT2D eigenvalue weighted by atomic mass is 16.5. The molecule has 0 spiro atoms. The number of hydrogen-bond acceptors (Lipinski definition) is 5. The topological polar surface area (TPSA) is 89.7 Å². The van der Waals surface area contributed by atoms with Crippen LogP contribution in [0.15, 0.2) is 12.2 Å². The summed E-state index contributed by atoms with van der Waals surface area (Å²) in [7, 11) is 0. The third-order valence-electron chi connectivity index (χ3n) is 3.29. The Balaban J connectivity index is 2.28. The van der Waals surface area contributed by atoms with Crippen molar-refractivity contribution < 1.29 is 19.1 Å². The van der Waals surface area contributed by atoms with Crippen LogP contribution in [0.3, 0.4) is 0 Å². The Morgan fingerprint density at radius 2 is 2.00 bits per heavy atom. The standard InChI is InChI=1S/C14H22N2O4/c1-2-11(4-3-5-14(19)20-9-8-15)10-16-12(17)6-7-13(16)18/h6-7,11H,2-5,8-10,15H2,1H3. The Labute approximate surface area is 118 Å². The lowest BCUT2D eigenvalue weighted by Crippen LogP contribution is -2.34. The maximum absolute atomic E-state index is 11.5. The van der Waals surface area contributed by atoms with Gasteiger partial charge in [-0.05, 0) is 18.8 Å². The lowest BCUT2D eigenvalue weighted by molar-refractivity contribution is -0.144. The first kappa shape index (κ1) is 16.4. The van der Waals surface area contributed by atoms with Crippen molar-refractivity contribution in [3.05, 3.63) is 12.2 Å². The molecule has 1 atom stereocenters. The molecule has 0 aliphatic carbocycles. The lowest BCUT2D eigenvalue weighted by atomic mass is 9.98. The summed E-state index contributed by atoms with van der Waals surface area (Å²) >= 11 is 0. The molecule has 0 saturated heterocycles. The molecule has 0 aromatic heterocycles. The van der Waals surface area contributed by atoms with E-state index in [2.05, 4.69) is 0 Å². The van der Waals surface area contributed by atoms with Crippen LogP contribution in [0, 0.1) is 5.92 Å². The Hall–Kier alpha value is -1.69. The van der Waals surface area contributed by atoms with E-state index in [0.29, 0.717) is 25.9 Å². The highest BCUT2D eigenvalue weighted by Crippen LogP contribution is 2.17. The van der Waals surface area contributed by atoms with Gasteiger partial charge in [-0.3, -0.25) is 19.3 Å². The van der Waals surface area contributed by atoms with Gasteiger partial charge in [0.2, 0.25) is 0 Å². The monoisotopic (exact) mass is 282 g/mol. The van der Waals surface area contributed by atoms with Crippen LogP contribution < -0.4 is 5.73 Å². The van der Waals surface area contributed by atoms with Crippen LogP contribution in [0.25, 0.3) is 0 Å². The molecule has 2 amide bonds. The minimum absolute atomic E-state index is 0.213. The maximum Gasteiger partial charge on any atom is 0.305 e. The molecule has 0 saturated carbocycles. The third kappa shape index (κ3) is 5.13. The van der Waals surface area contributed by atoms with Crippen molar-refractivity contribution in [3.8, 4) is 0 Å². The number of ether oxygens (including phenoxy) is 1. The van der Waals surface area contributed by atoms with E-state index >= 15 is 0 Å². The second kappa shape index (κ2) is 8.47. The molecule has 1 aliphatic heterocycles. The summed E-state index contributed by atoms with van der Waals surface area (Å²) in [5.41, 5.74) is 5.24. The predicted octanol–water partition coefficient (Wildman–Crippen LogP) is 0.610. The van der Waals surface area contributed by atoms with Gasteiger partial charge in [-0.1, -0.05) is 13.3 Å². The molecule has 0 aromatic rings. The van der Waals surface area contributed by atoms with Crippen LogP contribution in [-0.2, 0) is 19.1 Å². The minimum Gasteiger partial charge on any atom is -0.464 e. The minimum atomic E-state index is -0.254. The van der Waals surface area contributed by atoms with Crippen molar-refractivity contribution in [1.82, 2.24) is 4.90 Å². The Morgan fingerprint density at radius 3 is 2.55 bits per heavy atom. The fourth-order valence-electron chi connectivity index (χ4n) is 2.07. The highest BCUT2D eigenvalue weighted by molar-refractivity contribution is 6.12. The predicted molar refractivity (Wildman–Crippen MR) is 73.5 cm³/mol. The van der Waals surface area contributed by atoms with Crippen molar-refractivity contribution in [2.75, 3.05) is 19.7 Å². The van der Waals surface area contributed by atoms with Gasteiger partial charge in [0.25, 0.3) is 11.8 Å². The first-order valence-corrected chi connectivity index (χ1v) is 6.97. The van der Waals surface area contributed by atoms with Crippen LogP contribution in [0.5, 0.6) is 0 Å². The van der Waals surface area contributed by atoms with Crippen LogP contribution in [0.1, 0.15) is 32.6 Å². The molecule has 1 unspecified atom stereocenters. The summed E-state index contributed by atoms with van der Waals surface area (Å²) in [5, 5.41) is 0. The molecule has 20 heavy (non-hydrogen) atoms. The van der Waals surface area contributed by atoms with Crippen molar-refractivity contribution in [3.63, 3.8) is 0 Å². The van der Waals surface area contributed by atoms with Crippen molar-refractivity contribution >= 4 is 17.8 Å². The van der Waals surface area contributed by atoms with Gasteiger partial charge in [-0.25, -0.2) is 0 Å². The van der Waals surface area contributed by atoms with Gasteiger partial charge >= 0.3 is 5.97 Å². The quantitative estimate of drug-likeness (QED) is 0.494. The number of nitrogens with two attached hydrogens (primary N) is 1. The second-order valence-corrected chi connectivity index (χ2v) is 4.80.